The molecule has 2 unspecified atom stereocenters. The minimum absolute atomic E-state index is 0.377. The van der Waals surface area contributed by atoms with Crippen LogP contribution in [0.25, 0.3) is 0 Å². The summed E-state index contributed by atoms with van der Waals surface area (Å²) in [6.45, 7) is 6.27. The first-order valence-electron chi connectivity index (χ1n) is 7.74. The minimum atomic E-state index is 0.377. The van der Waals surface area contributed by atoms with Crippen LogP contribution in [0.1, 0.15) is 49.8 Å². The second-order valence-electron chi connectivity index (χ2n) is 5.61. The molecule has 0 spiro atoms. The fraction of sp³-hybridized carbons (Fsp3) is 0.647. The summed E-state index contributed by atoms with van der Waals surface area (Å²) in [7, 11) is 1.72. The highest BCUT2D eigenvalue weighted by atomic mass is 16.5. The van der Waals surface area contributed by atoms with Crippen molar-refractivity contribution in [2.75, 3.05) is 20.3 Å². The number of hydrogen-bond donors (Lipinski definition) is 1. The van der Waals surface area contributed by atoms with E-state index in [-0.39, 0.29) is 0 Å². The maximum absolute atomic E-state index is 5.80. The number of hydrogen-bond acceptors (Lipinski definition) is 3. The molecule has 1 aliphatic heterocycles. The summed E-state index contributed by atoms with van der Waals surface area (Å²) in [5, 5.41) is 3.66. The molecule has 2 atom stereocenters. The second-order valence-corrected chi connectivity index (χ2v) is 5.61. The predicted octanol–water partition coefficient (Wildman–Crippen LogP) is 3.61. The Kier molecular flexibility index (Phi) is 5.86. The predicted molar refractivity (Wildman–Crippen MR) is 82.4 cm³/mol. The molecule has 3 heteroatoms. The number of nitrogens with one attached hydrogen (secondary N) is 1. The molecule has 1 N–H and O–H groups in total. The Morgan fingerprint density at radius 2 is 2.30 bits per heavy atom. The molecular formula is C17H27NO2. The largest absolute Gasteiger partial charge is 0.496 e. The zero-order chi connectivity index (χ0) is 14.4. The molecule has 3 nitrogen and oxygen atoms in total. The molecule has 1 aliphatic rings. The summed E-state index contributed by atoms with van der Waals surface area (Å²) in [5.74, 6) is 0.958. The molecule has 2 rings (SSSR count). The normalized spacial score (nSPS) is 20.1. The zero-order valence-corrected chi connectivity index (χ0v) is 12.9. The minimum Gasteiger partial charge on any atom is -0.496 e. The highest BCUT2D eigenvalue weighted by Gasteiger charge is 2.22. The molecule has 0 saturated carbocycles. The summed E-state index contributed by atoms with van der Waals surface area (Å²) in [4.78, 5) is 0. The van der Waals surface area contributed by atoms with Crippen molar-refractivity contribution in [1.82, 2.24) is 5.32 Å². The smallest absolute Gasteiger partial charge is 0.121 e. The van der Waals surface area contributed by atoms with Gasteiger partial charge in [0.15, 0.2) is 0 Å². The van der Waals surface area contributed by atoms with E-state index in [1.165, 1.54) is 24.0 Å². The zero-order valence-electron chi connectivity index (χ0n) is 12.9. The van der Waals surface area contributed by atoms with Gasteiger partial charge in [-0.25, -0.2) is 0 Å². The first-order chi connectivity index (χ1) is 9.74. The Balaban J connectivity index is 2.09. The Hall–Kier alpha value is -1.06. The van der Waals surface area contributed by atoms with Gasteiger partial charge in [-0.3, -0.25) is 0 Å². The molecule has 1 aromatic carbocycles. The van der Waals surface area contributed by atoms with E-state index in [1.807, 2.05) is 0 Å². The standard InChI is InChI=1S/C17H27NO2/c1-4-9-18-16(12-15-6-5-10-20-15)14-7-8-17(19-3)13(2)11-14/h7-8,11,15-16,18H,4-6,9-10,12H2,1-3H3. The number of ether oxygens (including phenoxy) is 2. The molecule has 0 aromatic heterocycles. The number of aryl methyl sites for hydroxylation is 1. The van der Waals surface area contributed by atoms with Gasteiger partial charge in [0.25, 0.3) is 0 Å². The van der Waals surface area contributed by atoms with E-state index in [0.29, 0.717) is 12.1 Å². The van der Waals surface area contributed by atoms with Gasteiger partial charge in [0.1, 0.15) is 5.75 Å². The van der Waals surface area contributed by atoms with Crippen molar-refractivity contribution in [1.29, 1.82) is 0 Å². The summed E-state index contributed by atoms with van der Waals surface area (Å²) in [6, 6.07) is 6.86. The third-order valence-electron chi connectivity index (χ3n) is 3.98. The molecule has 1 fully saturated rings. The van der Waals surface area contributed by atoms with E-state index in [2.05, 4.69) is 37.4 Å². The van der Waals surface area contributed by atoms with Gasteiger partial charge in [0.05, 0.1) is 13.2 Å². The van der Waals surface area contributed by atoms with Crippen LogP contribution in [-0.4, -0.2) is 26.4 Å². The van der Waals surface area contributed by atoms with E-state index in [4.69, 9.17) is 9.47 Å². The van der Waals surface area contributed by atoms with E-state index >= 15 is 0 Å². The lowest BCUT2D eigenvalue weighted by Gasteiger charge is -2.23. The summed E-state index contributed by atoms with van der Waals surface area (Å²) in [6.07, 6.45) is 5.02. The van der Waals surface area contributed by atoms with Gasteiger partial charge in [-0.1, -0.05) is 19.1 Å². The van der Waals surface area contributed by atoms with Crippen molar-refractivity contribution < 1.29 is 9.47 Å². The molecular weight excluding hydrogens is 250 g/mol. The highest BCUT2D eigenvalue weighted by molar-refractivity contribution is 5.37. The Morgan fingerprint density at radius 1 is 1.45 bits per heavy atom. The van der Waals surface area contributed by atoms with Crippen LogP contribution in [0, 0.1) is 6.92 Å². The Labute approximate surface area is 122 Å². The van der Waals surface area contributed by atoms with Crippen LogP contribution in [0.5, 0.6) is 5.75 Å². The molecule has 0 amide bonds. The molecule has 0 radical (unpaired) electrons. The molecule has 112 valence electrons. The van der Waals surface area contributed by atoms with Gasteiger partial charge in [-0.2, -0.15) is 0 Å². The maximum atomic E-state index is 5.80. The monoisotopic (exact) mass is 277 g/mol. The molecule has 1 heterocycles. The lowest BCUT2D eigenvalue weighted by Crippen LogP contribution is -2.26. The van der Waals surface area contributed by atoms with Crippen molar-refractivity contribution in [3.05, 3.63) is 29.3 Å². The molecule has 20 heavy (non-hydrogen) atoms. The van der Waals surface area contributed by atoms with Gasteiger partial charge in [0, 0.05) is 12.6 Å². The molecule has 0 bridgehead atoms. The van der Waals surface area contributed by atoms with Crippen LogP contribution in [0.15, 0.2) is 18.2 Å². The van der Waals surface area contributed by atoms with Gasteiger partial charge in [-0.15, -0.1) is 0 Å². The SMILES string of the molecule is CCCNC(CC1CCCO1)c1ccc(OC)c(C)c1. The second kappa shape index (κ2) is 7.65. The van der Waals surface area contributed by atoms with Crippen LogP contribution in [0.4, 0.5) is 0 Å². The fourth-order valence-corrected chi connectivity index (χ4v) is 2.87. The van der Waals surface area contributed by atoms with Crippen LogP contribution in [0.2, 0.25) is 0 Å². The van der Waals surface area contributed by atoms with E-state index in [1.54, 1.807) is 7.11 Å². The Bertz CT molecular complexity index is 413. The van der Waals surface area contributed by atoms with E-state index in [0.717, 1.165) is 31.7 Å². The summed E-state index contributed by atoms with van der Waals surface area (Å²) < 4.78 is 11.1. The number of rotatable bonds is 7. The quantitative estimate of drug-likeness (QED) is 0.826. The number of methoxy groups -OCH3 is 1. The van der Waals surface area contributed by atoms with Crippen molar-refractivity contribution in [2.24, 2.45) is 0 Å². The third-order valence-corrected chi connectivity index (χ3v) is 3.98. The van der Waals surface area contributed by atoms with Crippen molar-refractivity contribution in [3.63, 3.8) is 0 Å². The first kappa shape index (κ1) is 15.3. The van der Waals surface area contributed by atoms with E-state index < -0.39 is 0 Å². The van der Waals surface area contributed by atoms with Crippen molar-refractivity contribution in [3.8, 4) is 5.75 Å². The Morgan fingerprint density at radius 3 is 2.90 bits per heavy atom. The molecule has 1 aromatic rings. The van der Waals surface area contributed by atoms with Gasteiger partial charge >= 0.3 is 0 Å². The van der Waals surface area contributed by atoms with E-state index in [9.17, 15) is 0 Å². The maximum Gasteiger partial charge on any atom is 0.121 e. The molecule has 0 aliphatic carbocycles. The van der Waals surface area contributed by atoms with Gasteiger partial charge in [-0.05, 0) is 56.3 Å². The van der Waals surface area contributed by atoms with Crippen molar-refractivity contribution in [2.45, 2.75) is 51.7 Å². The topological polar surface area (TPSA) is 30.5 Å². The lowest BCUT2D eigenvalue weighted by molar-refractivity contribution is 0.0945. The highest BCUT2D eigenvalue weighted by Crippen LogP contribution is 2.28. The summed E-state index contributed by atoms with van der Waals surface area (Å²) >= 11 is 0. The average molecular weight is 277 g/mol. The van der Waals surface area contributed by atoms with Crippen molar-refractivity contribution >= 4 is 0 Å². The fourth-order valence-electron chi connectivity index (χ4n) is 2.87. The average Bonchev–Trinajstić information content (AvgIpc) is 2.96. The summed E-state index contributed by atoms with van der Waals surface area (Å²) in [5.41, 5.74) is 2.54. The van der Waals surface area contributed by atoms with Crippen LogP contribution in [0.3, 0.4) is 0 Å². The lowest BCUT2D eigenvalue weighted by atomic mass is 9.97. The van der Waals surface area contributed by atoms with Gasteiger partial charge < -0.3 is 14.8 Å². The third kappa shape index (κ3) is 3.97. The van der Waals surface area contributed by atoms with Gasteiger partial charge in [0.2, 0.25) is 0 Å². The number of benzene rings is 1. The molecule has 1 saturated heterocycles. The van der Waals surface area contributed by atoms with Crippen LogP contribution in [-0.2, 0) is 4.74 Å². The van der Waals surface area contributed by atoms with Crippen LogP contribution >= 0.6 is 0 Å². The van der Waals surface area contributed by atoms with Crippen LogP contribution < -0.4 is 10.1 Å². The first-order valence-corrected chi connectivity index (χ1v) is 7.74.